The predicted octanol–water partition coefficient (Wildman–Crippen LogP) is 1.64. The molecule has 0 unspecified atom stereocenters. The van der Waals surface area contributed by atoms with Crippen LogP contribution in [0.5, 0.6) is 0 Å². The molecule has 0 aromatic heterocycles. The second-order valence-electron chi connectivity index (χ2n) is 4.83. The first-order valence-corrected chi connectivity index (χ1v) is 8.27. The first-order chi connectivity index (χ1) is 10.3. The van der Waals surface area contributed by atoms with Crippen molar-refractivity contribution in [1.29, 1.82) is 0 Å². The Bertz CT molecular complexity index is 685. The first kappa shape index (κ1) is 18.0. The van der Waals surface area contributed by atoms with Gasteiger partial charge in [-0.25, -0.2) is 8.42 Å². The highest BCUT2D eigenvalue weighted by Gasteiger charge is 2.17. The molecule has 0 spiro atoms. The van der Waals surface area contributed by atoms with E-state index in [0.29, 0.717) is 18.7 Å². The maximum atomic E-state index is 12.3. The van der Waals surface area contributed by atoms with Crippen LogP contribution >= 0.6 is 0 Å². The van der Waals surface area contributed by atoms with Crippen LogP contribution in [0.15, 0.2) is 41.3 Å². The maximum Gasteiger partial charge on any atom is 0.254 e. The number of amides is 1. The minimum atomic E-state index is -3.64. The number of carbonyl (C=O) groups excluding carboxylic acids is 1. The molecule has 118 valence electrons. The molecule has 0 aliphatic carbocycles. The number of likely N-dealkylation sites (N-methyl/N-ethyl adjacent to an activating group) is 1. The molecule has 0 saturated carbocycles. The van der Waals surface area contributed by atoms with Crippen LogP contribution < -0.4 is 4.72 Å². The average molecular weight is 320 g/mol. The van der Waals surface area contributed by atoms with E-state index in [2.05, 4.69) is 17.2 Å². The number of benzene rings is 1. The van der Waals surface area contributed by atoms with Gasteiger partial charge in [-0.05, 0) is 38.1 Å². The van der Waals surface area contributed by atoms with Crippen LogP contribution in [-0.2, 0) is 10.0 Å². The highest BCUT2D eigenvalue weighted by molar-refractivity contribution is 7.89. The van der Waals surface area contributed by atoms with Gasteiger partial charge in [-0.2, -0.15) is 4.72 Å². The van der Waals surface area contributed by atoms with Gasteiger partial charge in [0.05, 0.1) is 11.4 Å². The van der Waals surface area contributed by atoms with Crippen LogP contribution in [0.25, 0.3) is 0 Å². The number of terminal acetylenes is 1. The molecule has 6 heteroatoms. The highest BCUT2D eigenvalue weighted by Crippen LogP contribution is 2.13. The van der Waals surface area contributed by atoms with Crippen molar-refractivity contribution >= 4 is 15.9 Å². The minimum absolute atomic E-state index is 0.0715. The third-order valence-corrected chi connectivity index (χ3v) is 4.32. The summed E-state index contributed by atoms with van der Waals surface area (Å²) in [6.07, 6.45) is 5.03. The van der Waals surface area contributed by atoms with Gasteiger partial charge in [0.2, 0.25) is 10.0 Å². The molecular formula is C16H20N2O3S. The third kappa shape index (κ3) is 4.72. The van der Waals surface area contributed by atoms with Crippen molar-refractivity contribution < 1.29 is 13.2 Å². The Balaban J connectivity index is 2.95. The van der Waals surface area contributed by atoms with Gasteiger partial charge < -0.3 is 4.90 Å². The van der Waals surface area contributed by atoms with E-state index in [9.17, 15) is 13.2 Å². The van der Waals surface area contributed by atoms with Crippen LogP contribution in [-0.4, -0.2) is 38.9 Å². The van der Waals surface area contributed by atoms with Crippen molar-refractivity contribution in [1.82, 2.24) is 9.62 Å². The Hall–Kier alpha value is -2.10. The largest absolute Gasteiger partial charge is 0.335 e. The number of rotatable bonds is 7. The van der Waals surface area contributed by atoms with Gasteiger partial charge in [-0.1, -0.05) is 18.1 Å². The second kappa shape index (κ2) is 7.78. The molecule has 1 amide bonds. The minimum Gasteiger partial charge on any atom is -0.335 e. The molecule has 0 aliphatic heterocycles. The van der Waals surface area contributed by atoms with Gasteiger partial charge in [-0.3, -0.25) is 4.79 Å². The van der Waals surface area contributed by atoms with Gasteiger partial charge in [0.1, 0.15) is 0 Å². The Labute approximate surface area is 132 Å². The zero-order valence-electron chi connectivity index (χ0n) is 12.8. The Morgan fingerprint density at radius 3 is 2.41 bits per heavy atom. The maximum absolute atomic E-state index is 12.3. The lowest BCUT2D eigenvalue weighted by molar-refractivity contribution is 0.0778. The summed E-state index contributed by atoms with van der Waals surface area (Å²) in [5.41, 5.74) is 1.31. The monoisotopic (exact) mass is 320 g/mol. The van der Waals surface area contributed by atoms with Crippen molar-refractivity contribution in [3.63, 3.8) is 0 Å². The molecule has 0 aliphatic rings. The van der Waals surface area contributed by atoms with Crippen molar-refractivity contribution in [2.24, 2.45) is 0 Å². The highest BCUT2D eigenvalue weighted by atomic mass is 32.2. The quantitative estimate of drug-likeness (QED) is 0.613. The van der Waals surface area contributed by atoms with E-state index in [0.717, 1.165) is 5.57 Å². The normalized spacial score (nSPS) is 10.8. The van der Waals surface area contributed by atoms with Gasteiger partial charge in [0, 0.05) is 18.7 Å². The summed E-state index contributed by atoms with van der Waals surface area (Å²) in [6.45, 7) is 8.47. The van der Waals surface area contributed by atoms with E-state index in [4.69, 9.17) is 6.42 Å². The smallest absolute Gasteiger partial charge is 0.254 e. The van der Waals surface area contributed by atoms with E-state index in [-0.39, 0.29) is 17.3 Å². The molecule has 0 heterocycles. The van der Waals surface area contributed by atoms with Crippen LogP contribution in [0.4, 0.5) is 0 Å². The molecule has 1 aromatic carbocycles. The number of sulfonamides is 1. The molecule has 0 atom stereocenters. The lowest BCUT2D eigenvalue weighted by atomic mass is 10.2. The zero-order chi connectivity index (χ0) is 16.8. The van der Waals surface area contributed by atoms with E-state index in [1.54, 1.807) is 4.90 Å². The fourth-order valence-corrected chi connectivity index (χ4v) is 2.77. The number of hydrogen-bond donors (Lipinski definition) is 1. The summed E-state index contributed by atoms with van der Waals surface area (Å²) >= 11 is 0. The lowest BCUT2D eigenvalue weighted by Gasteiger charge is -2.21. The fourth-order valence-electron chi connectivity index (χ4n) is 1.83. The number of carbonyl (C=O) groups is 1. The van der Waals surface area contributed by atoms with Gasteiger partial charge in [-0.15, -0.1) is 6.42 Å². The molecule has 0 fully saturated rings. The second-order valence-corrected chi connectivity index (χ2v) is 6.60. The van der Waals surface area contributed by atoms with Crippen LogP contribution in [0.3, 0.4) is 0 Å². The summed E-state index contributed by atoms with van der Waals surface area (Å²) in [4.78, 5) is 14.1. The van der Waals surface area contributed by atoms with Gasteiger partial charge >= 0.3 is 0 Å². The molecule has 5 nitrogen and oxygen atoms in total. The number of hydrogen-bond acceptors (Lipinski definition) is 3. The lowest BCUT2D eigenvalue weighted by Crippen LogP contribution is -2.32. The fraction of sp³-hybridized carbons (Fsp3) is 0.312. The first-order valence-electron chi connectivity index (χ1n) is 6.78. The molecule has 1 N–H and O–H groups in total. The van der Waals surface area contributed by atoms with Crippen LogP contribution in [0.2, 0.25) is 0 Å². The average Bonchev–Trinajstić information content (AvgIpc) is 2.50. The SMILES string of the molecule is C#CCNS(=O)(=O)c1ccc(C(=O)N(CC)CC(=C)C)cc1. The molecule has 22 heavy (non-hydrogen) atoms. The standard InChI is InChI=1S/C16H20N2O3S/c1-5-11-17-22(20,21)15-9-7-14(8-10-15)16(19)18(6-2)12-13(3)4/h1,7-10,17H,3,6,11-12H2,2,4H3. The molecular weight excluding hydrogens is 300 g/mol. The number of nitrogens with one attached hydrogen (secondary N) is 1. The third-order valence-electron chi connectivity index (χ3n) is 2.91. The van der Waals surface area contributed by atoms with Gasteiger partial charge in [0.15, 0.2) is 0 Å². The molecule has 0 bridgehead atoms. The van der Waals surface area contributed by atoms with E-state index in [1.165, 1.54) is 24.3 Å². The molecule has 1 aromatic rings. The van der Waals surface area contributed by atoms with Crippen LogP contribution in [0, 0.1) is 12.3 Å². The molecule has 0 saturated heterocycles. The van der Waals surface area contributed by atoms with Gasteiger partial charge in [0.25, 0.3) is 5.91 Å². The van der Waals surface area contributed by atoms with Crippen LogP contribution in [0.1, 0.15) is 24.2 Å². The zero-order valence-corrected chi connectivity index (χ0v) is 13.6. The van der Waals surface area contributed by atoms with Crippen molar-refractivity contribution in [2.75, 3.05) is 19.6 Å². The Morgan fingerprint density at radius 1 is 1.36 bits per heavy atom. The Morgan fingerprint density at radius 2 is 1.95 bits per heavy atom. The summed E-state index contributed by atoms with van der Waals surface area (Å²) in [7, 11) is -3.64. The van der Waals surface area contributed by atoms with E-state index < -0.39 is 10.0 Å². The summed E-state index contributed by atoms with van der Waals surface area (Å²) in [5.74, 6) is 2.04. The predicted molar refractivity (Wildman–Crippen MR) is 86.9 cm³/mol. The van der Waals surface area contributed by atoms with Crippen molar-refractivity contribution in [3.8, 4) is 12.3 Å². The van der Waals surface area contributed by atoms with E-state index in [1.807, 2.05) is 13.8 Å². The van der Waals surface area contributed by atoms with E-state index >= 15 is 0 Å². The van der Waals surface area contributed by atoms with Crippen molar-refractivity contribution in [2.45, 2.75) is 18.7 Å². The number of nitrogens with zero attached hydrogens (tertiary/aromatic N) is 1. The van der Waals surface area contributed by atoms with Crippen molar-refractivity contribution in [3.05, 3.63) is 42.0 Å². The Kier molecular flexibility index (Phi) is 6.35. The summed E-state index contributed by atoms with van der Waals surface area (Å²) in [5, 5.41) is 0. The topological polar surface area (TPSA) is 66.5 Å². The molecule has 0 radical (unpaired) electrons. The summed E-state index contributed by atoms with van der Waals surface area (Å²) in [6, 6.07) is 5.77. The molecule has 1 rings (SSSR count). The summed E-state index contributed by atoms with van der Waals surface area (Å²) < 4.78 is 26.1.